The van der Waals surface area contributed by atoms with Crippen LogP contribution >= 0.6 is 0 Å². The number of pyridine rings is 1. The molecule has 2 N–H and O–H groups in total. The summed E-state index contributed by atoms with van der Waals surface area (Å²) >= 11 is 0. The van der Waals surface area contributed by atoms with Crippen molar-refractivity contribution in [1.29, 1.82) is 0 Å². The maximum Gasteiger partial charge on any atom is 0.0907 e. The zero-order valence-electron chi connectivity index (χ0n) is 10.6. The Morgan fingerprint density at radius 1 is 1.11 bits per heavy atom. The summed E-state index contributed by atoms with van der Waals surface area (Å²) < 4.78 is 0. The van der Waals surface area contributed by atoms with E-state index in [1.165, 1.54) is 0 Å². The molecule has 0 aliphatic rings. The zero-order valence-corrected chi connectivity index (χ0v) is 10.6. The van der Waals surface area contributed by atoms with Gasteiger partial charge >= 0.3 is 0 Å². The van der Waals surface area contributed by atoms with E-state index in [4.69, 9.17) is 5.73 Å². The van der Waals surface area contributed by atoms with Gasteiger partial charge in [-0.2, -0.15) is 0 Å². The first-order chi connectivity index (χ1) is 9.24. The summed E-state index contributed by atoms with van der Waals surface area (Å²) in [5.74, 6) is 0.170. The molecule has 1 atom stereocenters. The van der Waals surface area contributed by atoms with Crippen LogP contribution in [0.5, 0.6) is 0 Å². The number of aromatic nitrogens is 3. The number of nitrogen functional groups attached to an aromatic ring is 1. The highest BCUT2D eigenvalue weighted by Crippen LogP contribution is 2.23. The van der Waals surface area contributed by atoms with Gasteiger partial charge in [0, 0.05) is 30.2 Å². The second kappa shape index (κ2) is 4.65. The number of fused-ring (bicyclic) bond motifs is 1. The highest BCUT2D eigenvalue weighted by molar-refractivity contribution is 5.77. The Morgan fingerprint density at radius 3 is 2.79 bits per heavy atom. The molecule has 0 aliphatic heterocycles. The topological polar surface area (TPSA) is 64.7 Å². The van der Waals surface area contributed by atoms with Gasteiger partial charge < -0.3 is 5.73 Å². The van der Waals surface area contributed by atoms with Gasteiger partial charge in [-0.05, 0) is 29.8 Å². The van der Waals surface area contributed by atoms with Crippen molar-refractivity contribution < 1.29 is 0 Å². The predicted octanol–water partition coefficient (Wildman–Crippen LogP) is 2.76. The van der Waals surface area contributed by atoms with E-state index in [1.807, 2.05) is 36.5 Å². The Kier molecular flexibility index (Phi) is 2.83. The molecule has 3 aromatic rings. The highest BCUT2D eigenvalue weighted by atomic mass is 14.8. The van der Waals surface area contributed by atoms with Gasteiger partial charge in [0.15, 0.2) is 0 Å². The molecule has 1 unspecified atom stereocenters. The third-order valence-corrected chi connectivity index (χ3v) is 3.21. The van der Waals surface area contributed by atoms with E-state index in [0.29, 0.717) is 5.69 Å². The van der Waals surface area contributed by atoms with Crippen LogP contribution in [0.3, 0.4) is 0 Å². The number of nitrogens with zero attached hydrogens (tertiary/aromatic N) is 3. The molecule has 0 radical (unpaired) electrons. The van der Waals surface area contributed by atoms with Crippen molar-refractivity contribution in [2.75, 3.05) is 5.73 Å². The molecule has 0 spiro atoms. The summed E-state index contributed by atoms with van der Waals surface area (Å²) in [4.78, 5) is 13.2. The second-order valence-corrected chi connectivity index (χ2v) is 4.55. The normalized spacial score (nSPS) is 12.5. The van der Waals surface area contributed by atoms with Gasteiger partial charge in [-0.25, -0.2) is 4.98 Å². The van der Waals surface area contributed by atoms with Crippen molar-refractivity contribution in [1.82, 2.24) is 15.0 Å². The van der Waals surface area contributed by atoms with E-state index < -0.39 is 0 Å². The molecule has 4 heteroatoms. The van der Waals surface area contributed by atoms with Gasteiger partial charge in [0.25, 0.3) is 0 Å². The van der Waals surface area contributed by atoms with Crippen molar-refractivity contribution in [2.45, 2.75) is 12.8 Å². The van der Waals surface area contributed by atoms with Crippen LogP contribution in [0.4, 0.5) is 5.69 Å². The molecule has 94 valence electrons. The summed E-state index contributed by atoms with van der Waals surface area (Å²) in [5, 5.41) is 0. The van der Waals surface area contributed by atoms with Crippen LogP contribution in [0, 0.1) is 0 Å². The van der Waals surface area contributed by atoms with Crippen LogP contribution in [0.25, 0.3) is 11.0 Å². The molecule has 1 aromatic carbocycles. The summed E-state index contributed by atoms with van der Waals surface area (Å²) in [6.07, 6.45) is 5.43. The number of hydrogen-bond acceptors (Lipinski definition) is 4. The lowest BCUT2D eigenvalue weighted by molar-refractivity contribution is 0.863. The maximum atomic E-state index is 5.74. The minimum absolute atomic E-state index is 0.170. The van der Waals surface area contributed by atoms with Gasteiger partial charge in [0.1, 0.15) is 0 Å². The minimum atomic E-state index is 0.170. The monoisotopic (exact) mass is 250 g/mol. The average Bonchev–Trinajstić information content (AvgIpc) is 2.47. The Hall–Kier alpha value is -2.49. The zero-order chi connectivity index (χ0) is 13.2. The van der Waals surface area contributed by atoms with Crippen molar-refractivity contribution in [3.63, 3.8) is 0 Å². The maximum absolute atomic E-state index is 5.74. The third-order valence-electron chi connectivity index (χ3n) is 3.21. The molecule has 0 fully saturated rings. The molecule has 0 aliphatic carbocycles. The van der Waals surface area contributed by atoms with E-state index in [0.717, 1.165) is 22.3 Å². The Bertz CT molecular complexity index is 710. The van der Waals surface area contributed by atoms with Crippen molar-refractivity contribution in [2.24, 2.45) is 0 Å². The highest BCUT2D eigenvalue weighted by Gasteiger charge is 2.11. The van der Waals surface area contributed by atoms with Gasteiger partial charge in [0.2, 0.25) is 0 Å². The van der Waals surface area contributed by atoms with Gasteiger partial charge in [-0.15, -0.1) is 0 Å². The Morgan fingerprint density at radius 2 is 2.00 bits per heavy atom. The van der Waals surface area contributed by atoms with Crippen LogP contribution in [0.15, 0.2) is 48.9 Å². The first kappa shape index (κ1) is 11.6. The Labute approximate surface area is 111 Å². The second-order valence-electron chi connectivity index (χ2n) is 4.55. The van der Waals surface area contributed by atoms with Crippen LogP contribution < -0.4 is 5.73 Å². The summed E-state index contributed by atoms with van der Waals surface area (Å²) in [5.41, 5.74) is 10.2. The molecule has 0 amide bonds. The van der Waals surface area contributed by atoms with Crippen LogP contribution in [0.1, 0.15) is 24.1 Å². The van der Waals surface area contributed by atoms with E-state index >= 15 is 0 Å². The smallest absolute Gasteiger partial charge is 0.0907 e. The summed E-state index contributed by atoms with van der Waals surface area (Å²) in [6, 6.07) is 9.56. The molecule has 2 heterocycles. The molecule has 19 heavy (non-hydrogen) atoms. The van der Waals surface area contributed by atoms with Gasteiger partial charge in [-0.1, -0.05) is 13.0 Å². The fraction of sp³-hybridized carbons (Fsp3) is 0.133. The third kappa shape index (κ3) is 2.25. The van der Waals surface area contributed by atoms with Crippen LogP contribution in [-0.2, 0) is 0 Å². The molecule has 0 saturated heterocycles. The van der Waals surface area contributed by atoms with Crippen molar-refractivity contribution >= 4 is 16.7 Å². The number of nitrogens with two attached hydrogens (primary N) is 1. The van der Waals surface area contributed by atoms with Crippen molar-refractivity contribution in [3.8, 4) is 0 Å². The van der Waals surface area contributed by atoms with Gasteiger partial charge in [-0.3, -0.25) is 9.97 Å². The number of rotatable bonds is 2. The molecule has 0 bridgehead atoms. The lowest BCUT2D eigenvalue weighted by atomic mass is 10.00. The summed E-state index contributed by atoms with van der Waals surface area (Å²) in [7, 11) is 0. The minimum Gasteiger partial charge on any atom is -0.399 e. The molecular weight excluding hydrogens is 236 g/mol. The lowest BCUT2D eigenvalue weighted by Crippen LogP contribution is -2.01. The molecule has 3 rings (SSSR count). The molecule has 0 saturated carbocycles. The predicted molar refractivity (Wildman–Crippen MR) is 75.7 cm³/mol. The van der Waals surface area contributed by atoms with Crippen LogP contribution in [-0.4, -0.2) is 15.0 Å². The van der Waals surface area contributed by atoms with E-state index in [1.54, 1.807) is 12.4 Å². The fourth-order valence-electron chi connectivity index (χ4n) is 2.05. The first-order valence-electron chi connectivity index (χ1n) is 6.16. The molecule has 2 aromatic heterocycles. The summed E-state index contributed by atoms with van der Waals surface area (Å²) in [6.45, 7) is 2.10. The molecular formula is C15H14N4. The average molecular weight is 250 g/mol. The van der Waals surface area contributed by atoms with Crippen LogP contribution in [0.2, 0.25) is 0 Å². The Balaban J connectivity index is 2.04. The van der Waals surface area contributed by atoms with E-state index in [-0.39, 0.29) is 5.92 Å². The lowest BCUT2D eigenvalue weighted by Gasteiger charge is -2.11. The number of anilines is 1. The number of benzene rings is 1. The standard InChI is InChI=1S/C15H14N4/c1-10(11-3-2-6-17-8-11)15-9-18-14-7-12(16)4-5-13(14)19-15/h2-10H,16H2,1H3. The first-order valence-corrected chi connectivity index (χ1v) is 6.16. The largest absolute Gasteiger partial charge is 0.399 e. The SMILES string of the molecule is CC(c1cccnc1)c1cnc2cc(N)ccc2n1. The fourth-order valence-corrected chi connectivity index (χ4v) is 2.05. The van der Waals surface area contributed by atoms with Crippen molar-refractivity contribution in [3.05, 3.63) is 60.2 Å². The van der Waals surface area contributed by atoms with E-state index in [9.17, 15) is 0 Å². The molecule has 4 nitrogen and oxygen atoms in total. The number of hydrogen-bond donors (Lipinski definition) is 1. The van der Waals surface area contributed by atoms with E-state index in [2.05, 4.69) is 21.9 Å². The quantitative estimate of drug-likeness (QED) is 0.710. The van der Waals surface area contributed by atoms with Gasteiger partial charge in [0.05, 0.1) is 16.7 Å².